The second-order valence-corrected chi connectivity index (χ2v) is 30.9. The van der Waals surface area contributed by atoms with Crippen LogP contribution in [0.1, 0.15) is 98.4 Å². The summed E-state index contributed by atoms with van der Waals surface area (Å²) in [6.45, 7) is 25.5. The van der Waals surface area contributed by atoms with Gasteiger partial charge in [-0.25, -0.2) is 9.97 Å². The summed E-state index contributed by atoms with van der Waals surface area (Å²) < 4.78 is 71.3. The summed E-state index contributed by atoms with van der Waals surface area (Å²) in [5, 5.41) is 9.18. The van der Waals surface area contributed by atoms with Crippen molar-refractivity contribution in [2.75, 3.05) is 60.2 Å². The van der Waals surface area contributed by atoms with Gasteiger partial charge in [-0.1, -0.05) is 164 Å². The van der Waals surface area contributed by atoms with Crippen molar-refractivity contribution in [1.82, 2.24) is 19.8 Å². The van der Waals surface area contributed by atoms with Crippen molar-refractivity contribution in [2.24, 2.45) is 0 Å². The molecule has 11 aromatic carbocycles. The lowest BCUT2D eigenvalue weighted by Crippen LogP contribution is -2.42. The standard InChI is InChI=1S/C24H24N2O.C22H20N2O.C20H22N2O.C18H18N2O.C14H16N4/c1-15(2)25-17(4)26(21-11-7-6-10-20(21)25)23-16(3)13-14-19-18-9-5-8-12-22(18)27-24(19)23;1-14-12-13-17-16-8-4-7-11-20(16)25-22(17)21(14)24-15(2)23(3)18-9-5-6-10-19(18)24;1-13(2)21-11-12-22(15(21)4)19-14(3)9-10-17-16-7-5-6-8-18(16)23-20(17)19;1-12-8-9-15-14-6-4-5-7-16(14)21-18(15)17(12)20-11-10-19(3)13(20)2;1-10-6-4-5-7-12(10)18-11(2)17(3)13-14(18)16-9-8-15-13/h5-15,17H,1-4H3;4-13,15H,1-3H3;5-13,15H,1-4H3;4-11,13H,1-3H3;4-9,11H,1-3H3/i;;;2*3D3. The van der Waals surface area contributed by atoms with Gasteiger partial charge in [0.15, 0.2) is 34.0 Å². The van der Waals surface area contributed by atoms with Crippen LogP contribution in [0.2, 0.25) is 0 Å². The van der Waals surface area contributed by atoms with Gasteiger partial charge in [-0.15, -0.1) is 0 Å². The molecule has 0 N–H and O–H groups in total. The van der Waals surface area contributed by atoms with Crippen LogP contribution in [0, 0.1) is 34.6 Å². The topological polar surface area (TPSA) is 111 Å². The first kappa shape index (κ1) is 66.9. The molecule has 0 bridgehead atoms. The summed E-state index contributed by atoms with van der Waals surface area (Å²) in [4.78, 5) is 29.5. The van der Waals surface area contributed by atoms with E-state index in [1.807, 2.05) is 123 Å². The Morgan fingerprint density at radius 1 is 0.316 bits per heavy atom. The summed E-state index contributed by atoms with van der Waals surface area (Å²) in [6, 6.07) is 76.0. The van der Waals surface area contributed by atoms with E-state index in [0.29, 0.717) is 23.7 Å². The molecule has 0 amide bonds. The van der Waals surface area contributed by atoms with Crippen LogP contribution in [0.4, 0.5) is 62.8 Å². The molecule has 576 valence electrons. The maximum absolute atomic E-state index is 7.76. The number of para-hydroxylation sites is 9. The number of benzene rings is 11. The Hall–Kier alpha value is -12.8. The fourth-order valence-corrected chi connectivity index (χ4v) is 17.5. The lowest BCUT2D eigenvalue weighted by atomic mass is 10.1. The predicted octanol–water partition coefficient (Wildman–Crippen LogP) is 24.9. The van der Waals surface area contributed by atoms with Gasteiger partial charge < -0.3 is 66.7 Å². The average molecular weight is 1520 g/mol. The monoisotopic (exact) mass is 1510 g/mol. The molecule has 16 heteroatoms. The fourth-order valence-electron chi connectivity index (χ4n) is 17.5. The van der Waals surface area contributed by atoms with Crippen LogP contribution < -0.4 is 39.2 Å². The maximum Gasteiger partial charge on any atom is 0.178 e. The third-order valence-corrected chi connectivity index (χ3v) is 23.4. The number of hydrogen-bond donors (Lipinski definition) is 0. The van der Waals surface area contributed by atoms with E-state index in [-0.39, 0.29) is 30.8 Å². The first-order valence-electron chi connectivity index (χ1n) is 42.5. The summed E-state index contributed by atoms with van der Waals surface area (Å²) >= 11 is 0. The number of nitrogens with zero attached hydrogens (tertiary/aromatic N) is 12. The highest BCUT2D eigenvalue weighted by atomic mass is 16.3. The van der Waals surface area contributed by atoms with E-state index >= 15 is 0 Å². The minimum atomic E-state index is -2.26. The van der Waals surface area contributed by atoms with E-state index in [2.05, 4.69) is 268 Å². The summed E-state index contributed by atoms with van der Waals surface area (Å²) in [5.74, 6) is 0.976. The summed E-state index contributed by atoms with van der Waals surface area (Å²) in [7, 11) is 2.15. The van der Waals surface area contributed by atoms with Crippen molar-refractivity contribution in [3.8, 4) is 0 Å². The fraction of sp³-hybridized carbons (Fsp3) is 0.245. The van der Waals surface area contributed by atoms with Crippen LogP contribution in [-0.2, 0) is 0 Å². The van der Waals surface area contributed by atoms with E-state index in [0.717, 1.165) is 83.6 Å². The van der Waals surface area contributed by atoms with Crippen molar-refractivity contribution in [3.05, 3.63) is 283 Å². The summed E-state index contributed by atoms with van der Waals surface area (Å²) in [6.07, 6.45) is 10.9. The molecule has 0 aliphatic carbocycles. The van der Waals surface area contributed by atoms with Gasteiger partial charge >= 0.3 is 0 Å². The third-order valence-electron chi connectivity index (χ3n) is 23.4. The van der Waals surface area contributed by atoms with E-state index in [1.165, 1.54) is 99.1 Å². The molecule has 5 aromatic heterocycles. The normalized spacial score (nSPS) is 18.5. The largest absolute Gasteiger partial charge is 0.454 e. The van der Waals surface area contributed by atoms with Gasteiger partial charge in [-0.2, -0.15) is 0 Å². The van der Waals surface area contributed by atoms with Crippen LogP contribution in [0.25, 0.3) is 87.8 Å². The molecular formula is C98H100N12O4. The molecule has 21 rings (SSSR count). The Kier molecular flexibility index (Phi) is 17.4. The van der Waals surface area contributed by atoms with Gasteiger partial charge in [0.1, 0.15) is 53.2 Å². The maximum atomic E-state index is 7.76. The molecule has 0 saturated heterocycles. The van der Waals surface area contributed by atoms with E-state index < -0.39 is 14.0 Å². The highest BCUT2D eigenvalue weighted by molar-refractivity contribution is 6.14. The number of furan rings is 4. The number of fused-ring (bicyclic) bond motifs is 15. The number of rotatable bonds is 7. The second kappa shape index (κ2) is 29.7. The van der Waals surface area contributed by atoms with Crippen molar-refractivity contribution in [3.63, 3.8) is 0 Å². The van der Waals surface area contributed by atoms with Gasteiger partial charge in [0.25, 0.3) is 0 Å². The zero-order valence-corrected chi connectivity index (χ0v) is 67.3. The molecule has 5 aliphatic rings. The number of aryl methyl sites for hydroxylation is 5. The quantitative estimate of drug-likeness (QED) is 0.151. The van der Waals surface area contributed by atoms with Gasteiger partial charge in [0.2, 0.25) is 0 Å². The molecule has 16 aromatic rings. The molecule has 5 aliphatic heterocycles. The lowest BCUT2D eigenvalue weighted by molar-refractivity contribution is 0.263. The van der Waals surface area contributed by atoms with Gasteiger partial charge in [0.05, 0.1) is 45.5 Å². The minimum Gasteiger partial charge on any atom is -0.454 e. The Bertz CT molecular complexity index is 6640. The minimum absolute atomic E-state index is 0.222. The van der Waals surface area contributed by atoms with Crippen molar-refractivity contribution < 1.29 is 25.9 Å². The predicted molar refractivity (Wildman–Crippen MR) is 476 cm³/mol. The molecule has 0 saturated carbocycles. The van der Waals surface area contributed by atoms with Gasteiger partial charge in [0, 0.05) is 127 Å². The molecule has 10 heterocycles. The number of anilines is 11. The number of hydrogen-bond acceptors (Lipinski definition) is 16. The van der Waals surface area contributed by atoms with Gasteiger partial charge in [-0.3, -0.25) is 0 Å². The Balaban J connectivity index is 0.000000107. The van der Waals surface area contributed by atoms with E-state index in [1.54, 1.807) is 12.4 Å². The van der Waals surface area contributed by atoms with E-state index in [4.69, 9.17) is 25.9 Å². The average Bonchev–Trinajstić information content (AvgIpc) is 1.61. The van der Waals surface area contributed by atoms with Crippen molar-refractivity contribution in [1.29, 1.82) is 0 Å². The van der Waals surface area contributed by atoms with Crippen LogP contribution in [0.15, 0.2) is 273 Å². The summed E-state index contributed by atoms with van der Waals surface area (Å²) in [5.41, 5.74) is 23.6. The van der Waals surface area contributed by atoms with Crippen LogP contribution in [-0.4, -0.2) is 83.7 Å². The molecule has 0 radical (unpaired) electrons. The van der Waals surface area contributed by atoms with Crippen LogP contribution in [0.5, 0.6) is 0 Å². The smallest absolute Gasteiger partial charge is 0.178 e. The Morgan fingerprint density at radius 2 is 0.693 bits per heavy atom. The van der Waals surface area contributed by atoms with Crippen molar-refractivity contribution in [2.45, 2.75) is 140 Å². The third kappa shape index (κ3) is 12.4. The molecule has 0 spiro atoms. The van der Waals surface area contributed by atoms with Crippen molar-refractivity contribution >= 4 is 151 Å². The Labute approximate surface area is 676 Å². The first-order chi connectivity index (χ1) is 57.6. The zero-order chi connectivity index (χ0) is 84.2. The van der Waals surface area contributed by atoms with Gasteiger partial charge in [-0.05, 0) is 179 Å². The molecule has 5 unspecified atom stereocenters. The lowest BCUT2D eigenvalue weighted by Gasteiger charge is -2.33. The molecule has 0 fully saturated rings. The second-order valence-electron chi connectivity index (χ2n) is 30.9. The molecule has 5 atom stereocenters. The Morgan fingerprint density at radius 3 is 1.13 bits per heavy atom. The van der Waals surface area contributed by atoms with Crippen LogP contribution >= 0.6 is 0 Å². The number of aromatic nitrogens is 2. The highest BCUT2D eigenvalue weighted by Gasteiger charge is 2.39. The zero-order valence-electron chi connectivity index (χ0n) is 73.3. The molecule has 114 heavy (non-hydrogen) atoms. The SMILES string of the molecule is Cc1ccc2c(oc3ccccc32)c1N1C=CN(C(C)C)C1C.Cc1ccc2c(oc3ccccc32)c1N1c2ccccc2N(C(C)C)C1C.Cc1ccc2c(oc3ccccc32)c1N1c2ccccc2N(C)C1C.[2H]C([2H])([2H])N1C=CN(c2c(C)ccc3c2oc2ccccc23)C1C.[2H]C([2H])([2H])N1c2nccnc2N(c2ccccc2C)C1C. The highest BCUT2D eigenvalue weighted by Crippen LogP contribution is 2.52. The first-order valence-corrected chi connectivity index (χ1v) is 39.5. The molecular weight excluding hydrogens is 1410 g/mol. The molecule has 16 nitrogen and oxygen atoms in total. The van der Waals surface area contributed by atoms with Crippen LogP contribution in [0.3, 0.4) is 0 Å². The van der Waals surface area contributed by atoms with E-state index in [9.17, 15) is 0 Å².